The first kappa shape index (κ1) is 14.0. The van der Waals surface area contributed by atoms with Crippen LogP contribution in [0.1, 0.15) is 53.4 Å². The highest BCUT2D eigenvalue weighted by Crippen LogP contribution is 2.45. The Kier molecular flexibility index (Phi) is 3.84. The van der Waals surface area contributed by atoms with Crippen molar-refractivity contribution in [2.75, 3.05) is 0 Å². The number of hydrogen-bond acceptors (Lipinski definition) is 3. The van der Waals surface area contributed by atoms with E-state index in [2.05, 4.69) is 20.8 Å². The quantitative estimate of drug-likeness (QED) is 0.842. The summed E-state index contributed by atoms with van der Waals surface area (Å²) in [7, 11) is 0. The number of rotatable bonds is 3. The fourth-order valence-corrected chi connectivity index (χ4v) is 3.52. The van der Waals surface area contributed by atoms with E-state index < -0.39 is 5.60 Å². The van der Waals surface area contributed by atoms with Gasteiger partial charge in [-0.15, -0.1) is 0 Å². The molecule has 3 nitrogen and oxygen atoms in total. The highest BCUT2D eigenvalue weighted by Gasteiger charge is 2.56. The number of ether oxygens (including phenoxy) is 1. The molecule has 1 saturated carbocycles. The van der Waals surface area contributed by atoms with E-state index in [-0.39, 0.29) is 23.9 Å². The van der Waals surface area contributed by atoms with Gasteiger partial charge in [-0.05, 0) is 38.0 Å². The molecule has 5 atom stereocenters. The molecule has 0 aromatic rings. The van der Waals surface area contributed by atoms with Crippen molar-refractivity contribution in [2.24, 2.45) is 17.8 Å². The Hall–Kier alpha value is -0.410. The van der Waals surface area contributed by atoms with Gasteiger partial charge in [0.1, 0.15) is 11.4 Å². The standard InChI is InChI=1S/C15H26O3/c1-9(2)5-6-13-15(4,17)14-11(16)7-10(3)8-12(14)18-13/h9-10,12-14,17H,5-8H2,1-4H3/t10-,12-,13?,14+,15-/m0/s1. The lowest BCUT2D eigenvalue weighted by Crippen LogP contribution is -2.47. The maximum Gasteiger partial charge on any atom is 0.141 e. The fraction of sp³-hybridized carbons (Fsp3) is 0.933. The molecule has 1 saturated heterocycles. The maximum atomic E-state index is 12.1. The van der Waals surface area contributed by atoms with Crippen LogP contribution in [-0.4, -0.2) is 28.7 Å². The van der Waals surface area contributed by atoms with Crippen LogP contribution in [0.2, 0.25) is 0 Å². The van der Waals surface area contributed by atoms with E-state index in [1.54, 1.807) is 6.92 Å². The van der Waals surface area contributed by atoms with Gasteiger partial charge in [0.05, 0.1) is 18.1 Å². The summed E-state index contributed by atoms with van der Waals surface area (Å²) >= 11 is 0. The van der Waals surface area contributed by atoms with Crippen LogP contribution in [0.5, 0.6) is 0 Å². The van der Waals surface area contributed by atoms with Crippen LogP contribution in [0, 0.1) is 17.8 Å². The second kappa shape index (κ2) is 4.93. The van der Waals surface area contributed by atoms with E-state index in [9.17, 15) is 9.90 Å². The Morgan fingerprint density at radius 1 is 1.50 bits per heavy atom. The van der Waals surface area contributed by atoms with Crippen LogP contribution in [0.15, 0.2) is 0 Å². The molecule has 1 aliphatic heterocycles. The minimum absolute atomic E-state index is 0.0617. The van der Waals surface area contributed by atoms with Crippen LogP contribution in [0.4, 0.5) is 0 Å². The SMILES string of the molecule is CC(C)CCC1O[C@H]2C[C@@H](C)CC(=O)[C@H]2[C@@]1(C)O. The predicted molar refractivity (Wildman–Crippen MR) is 70.3 cm³/mol. The molecule has 0 radical (unpaired) electrons. The third-order valence-corrected chi connectivity index (χ3v) is 4.53. The predicted octanol–water partition coefficient (Wildman–Crippen LogP) is 2.56. The normalized spacial score (nSPS) is 44.4. The minimum atomic E-state index is -0.975. The third kappa shape index (κ3) is 2.48. The fourth-order valence-electron chi connectivity index (χ4n) is 3.52. The van der Waals surface area contributed by atoms with Gasteiger partial charge in [-0.1, -0.05) is 20.8 Å². The maximum absolute atomic E-state index is 12.1. The summed E-state index contributed by atoms with van der Waals surface area (Å²) in [6.45, 7) is 8.22. The third-order valence-electron chi connectivity index (χ3n) is 4.53. The summed E-state index contributed by atoms with van der Waals surface area (Å²) in [6, 6.07) is 0. The molecule has 1 heterocycles. The zero-order chi connectivity index (χ0) is 13.5. The van der Waals surface area contributed by atoms with Crippen LogP contribution < -0.4 is 0 Å². The van der Waals surface area contributed by atoms with Gasteiger partial charge < -0.3 is 9.84 Å². The summed E-state index contributed by atoms with van der Waals surface area (Å²) in [4.78, 5) is 12.1. The van der Waals surface area contributed by atoms with Gasteiger partial charge in [0.2, 0.25) is 0 Å². The van der Waals surface area contributed by atoms with Crippen LogP contribution in [0.25, 0.3) is 0 Å². The summed E-state index contributed by atoms with van der Waals surface area (Å²) in [5.74, 6) is 0.877. The number of hydrogen-bond donors (Lipinski definition) is 1. The molecule has 3 heteroatoms. The topological polar surface area (TPSA) is 46.5 Å². The first-order valence-electron chi connectivity index (χ1n) is 7.23. The Labute approximate surface area is 110 Å². The van der Waals surface area contributed by atoms with Crippen molar-refractivity contribution >= 4 is 5.78 Å². The van der Waals surface area contributed by atoms with Gasteiger partial charge in [0.15, 0.2) is 0 Å². The average Bonchev–Trinajstić information content (AvgIpc) is 2.46. The highest BCUT2D eigenvalue weighted by molar-refractivity contribution is 5.84. The first-order chi connectivity index (χ1) is 8.32. The van der Waals surface area contributed by atoms with E-state index in [4.69, 9.17) is 4.74 Å². The van der Waals surface area contributed by atoms with Crippen molar-refractivity contribution in [3.05, 3.63) is 0 Å². The van der Waals surface area contributed by atoms with E-state index in [0.717, 1.165) is 19.3 Å². The van der Waals surface area contributed by atoms with Crippen molar-refractivity contribution in [1.29, 1.82) is 0 Å². The molecular weight excluding hydrogens is 228 g/mol. The Morgan fingerprint density at radius 3 is 2.78 bits per heavy atom. The molecule has 0 aromatic heterocycles. The summed E-state index contributed by atoms with van der Waals surface area (Å²) in [5, 5.41) is 10.7. The minimum Gasteiger partial charge on any atom is -0.387 e. The van der Waals surface area contributed by atoms with Crippen molar-refractivity contribution in [2.45, 2.75) is 71.2 Å². The molecule has 104 valence electrons. The zero-order valence-corrected chi connectivity index (χ0v) is 12.0. The average molecular weight is 254 g/mol. The van der Waals surface area contributed by atoms with E-state index in [0.29, 0.717) is 18.3 Å². The summed E-state index contributed by atoms with van der Waals surface area (Å²) < 4.78 is 6.00. The molecule has 2 rings (SSSR count). The van der Waals surface area contributed by atoms with Gasteiger partial charge >= 0.3 is 0 Å². The number of carbonyl (C=O) groups excluding carboxylic acids is 1. The molecule has 0 amide bonds. The number of ketones is 1. The monoisotopic (exact) mass is 254 g/mol. The lowest BCUT2D eigenvalue weighted by Gasteiger charge is -2.33. The van der Waals surface area contributed by atoms with Gasteiger partial charge in [0.25, 0.3) is 0 Å². The van der Waals surface area contributed by atoms with E-state index in [1.165, 1.54) is 0 Å². The summed E-state index contributed by atoms with van der Waals surface area (Å²) in [5.41, 5.74) is -0.975. The second-order valence-electron chi connectivity index (χ2n) is 6.85. The Bertz CT molecular complexity index is 322. The lowest BCUT2D eigenvalue weighted by molar-refractivity contribution is -0.134. The highest BCUT2D eigenvalue weighted by atomic mass is 16.5. The van der Waals surface area contributed by atoms with E-state index in [1.807, 2.05) is 0 Å². The largest absolute Gasteiger partial charge is 0.387 e. The van der Waals surface area contributed by atoms with Crippen molar-refractivity contribution in [3.8, 4) is 0 Å². The molecule has 1 unspecified atom stereocenters. The number of carbonyl (C=O) groups is 1. The first-order valence-corrected chi connectivity index (χ1v) is 7.23. The van der Waals surface area contributed by atoms with Crippen molar-refractivity contribution in [1.82, 2.24) is 0 Å². The zero-order valence-electron chi connectivity index (χ0n) is 12.0. The summed E-state index contributed by atoms with van der Waals surface area (Å²) in [6.07, 6.45) is 3.14. The van der Waals surface area contributed by atoms with Gasteiger partial charge in [0, 0.05) is 6.42 Å². The molecule has 0 spiro atoms. The van der Waals surface area contributed by atoms with Crippen molar-refractivity contribution in [3.63, 3.8) is 0 Å². The van der Waals surface area contributed by atoms with E-state index >= 15 is 0 Å². The number of fused-ring (bicyclic) bond motifs is 1. The van der Waals surface area contributed by atoms with Gasteiger partial charge in [-0.25, -0.2) is 0 Å². The Morgan fingerprint density at radius 2 is 2.17 bits per heavy atom. The van der Waals surface area contributed by atoms with Crippen LogP contribution in [0.3, 0.4) is 0 Å². The van der Waals surface area contributed by atoms with Crippen LogP contribution >= 0.6 is 0 Å². The number of aliphatic hydroxyl groups is 1. The van der Waals surface area contributed by atoms with Crippen molar-refractivity contribution < 1.29 is 14.6 Å². The second-order valence-corrected chi connectivity index (χ2v) is 6.85. The molecule has 2 aliphatic rings. The molecule has 18 heavy (non-hydrogen) atoms. The molecule has 0 aromatic carbocycles. The Balaban J connectivity index is 2.10. The number of Topliss-reactive ketones (excluding diaryl/α,β-unsaturated/α-hetero) is 1. The molecular formula is C15H26O3. The molecule has 1 N–H and O–H groups in total. The van der Waals surface area contributed by atoms with Gasteiger partial charge in [-0.3, -0.25) is 4.79 Å². The molecule has 1 aliphatic carbocycles. The molecule has 0 bridgehead atoms. The van der Waals surface area contributed by atoms with Gasteiger partial charge in [-0.2, -0.15) is 0 Å². The van der Waals surface area contributed by atoms with Crippen LogP contribution in [-0.2, 0) is 9.53 Å². The smallest absolute Gasteiger partial charge is 0.141 e. The molecule has 2 fully saturated rings. The lowest BCUT2D eigenvalue weighted by atomic mass is 9.72.